The molecule has 3 fully saturated rings. The highest BCUT2D eigenvalue weighted by atomic mass is 14.5. The molecule has 128 valence electrons. The van der Waals surface area contributed by atoms with Gasteiger partial charge in [-0.25, -0.2) is 0 Å². The Kier molecular flexibility index (Phi) is 6.69. The van der Waals surface area contributed by atoms with E-state index in [1.807, 2.05) is 0 Å². The van der Waals surface area contributed by atoms with E-state index in [0.29, 0.717) is 0 Å². The molecular weight excluding hydrogens is 264 g/mol. The summed E-state index contributed by atoms with van der Waals surface area (Å²) < 4.78 is 0. The Hall–Kier alpha value is 0. The van der Waals surface area contributed by atoms with Crippen LogP contribution < -0.4 is 0 Å². The zero-order valence-corrected chi connectivity index (χ0v) is 15.2. The quantitative estimate of drug-likeness (QED) is 0.449. The van der Waals surface area contributed by atoms with Gasteiger partial charge in [0.25, 0.3) is 0 Å². The Balaban J connectivity index is 1.64. The zero-order chi connectivity index (χ0) is 15.2. The van der Waals surface area contributed by atoms with Crippen molar-refractivity contribution >= 4 is 0 Å². The summed E-state index contributed by atoms with van der Waals surface area (Å²) in [6.07, 6.45) is 24.7. The van der Waals surface area contributed by atoms with Gasteiger partial charge in [-0.05, 0) is 42.4 Å². The molecule has 0 bridgehead atoms. The Labute approximate surface area is 139 Å². The molecule has 0 amide bonds. The average Bonchev–Trinajstić information content (AvgIpc) is 3.01. The van der Waals surface area contributed by atoms with Crippen LogP contribution in [-0.2, 0) is 0 Å². The van der Waals surface area contributed by atoms with Gasteiger partial charge in [-0.15, -0.1) is 0 Å². The molecule has 3 aliphatic rings. The third-order valence-corrected chi connectivity index (χ3v) is 7.54. The van der Waals surface area contributed by atoms with Gasteiger partial charge in [-0.1, -0.05) is 96.8 Å². The molecule has 3 aliphatic carbocycles. The third kappa shape index (κ3) is 4.09. The van der Waals surface area contributed by atoms with E-state index in [0.717, 1.165) is 29.6 Å². The van der Waals surface area contributed by atoms with E-state index in [1.165, 1.54) is 32.1 Å². The van der Waals surface area contributed by atoms with E-state index in [4.69, 9.17) is 0 Å². The monoisotopic (exact) mass is 304 g/mol. The molecule has 22 heavy (non-hydrogen) atoms. The number of hydrogen-bond acceptors (Lipinski definition) is 0. The van der Waals surface area contributed by atoms with Gasteiger partial charge < -0.3 is 0 Å². The minimum atomic E-state index is 1.11. The van der Waals surface area contributed by atoms with Crippen molar-refractivity contribution in [1.29, 1.82) is 0 Å². The second-order valence-corrected chi connectivity index (χ2v) is 8.87. The van der Waals surface area contributed by atoms with Gasteiger partial charge >= 0.3 is 0 Å². The van der Waals surface area contributed by atoms with Crippen LogP contribution in [0.4, 0.5) is 0 Å². The normalized spacial score (nSPS) is 35.0. The van der Waals surface area contributed by atoms with Crippen LogP contribution in [0.25, 0.3) is 0 Å². The summed E-state index contributed by atoms with van der Waals surface area (Å²) in [6.45, 7) is 2.36. The second-order valence-electron chi connectivity index (χ2n) is 8.87. The van der Waals surface area contributed by atoms with Crippen molar-refractivity contribution in [2.75, 3.05) is 0 Å². The fourth-order valence-electron chi connectivity index (χ4n) is 6.50. The highest BCUT2D eigenvalue weighted by molar-refractivity contribution is 4.93. The first kappa shape index (κ1) is 16.8. The van der Waals surface area contributed by atoms with Crippen LogP contribution in [0.5, 0.6) is 0 Å². The number of hydrogen-bond donors (Lipinski definition) is 0. The molecule has 0 radical (unpaired) electrons. The molecule has 0 heteroatoms. The summed E-state index contributed by atoms with van der Waals surface area (Å²) in [4.78, 5) is 0. The minimum absolute atomic E-state index is 1.11. The Morgan fingerprint density at radius 1 is 0.636 bits per heavy atom. The number of unbranched alkanes of at least 4 members (excludes halogenated alkanes) is 2. The fraction of sp³-hybridized carbons (Fsp3) is 1.00. The van der Waals surface area contributed by atoms with E-state index in [2.05, 4.69) is 6.92 Å². The molecule has 3 unspecified atom stereocenters. The first-order chi connectivity index (χ1) is 10.9. The third-order valence-electron chi connectivity index (χ3n) is 7.54. The lowest BCUT2D eigenvalue weighted by atomic mass is 9.66. The standard InChI is InChI=1S/C22H40/c1-2-3-6-13-20-16-17-21(18-11-7-4-8-12-18)22(20)19-14-9-5-10-15-19/h18-22H,2-17H2,1H3. The van der Waals surface area contributed by atoms with E-state index < -0.39 is 0 Å². The van der Waals surface area contributed by atoms with Crippen LogP contribution >= 0.6 is 0 Å². The predicted molar refractivity (Wildman–Crippen MR) is 97.0 cm³/mol. The topological polar surface area (TPSA) is 0 Å². The van der Waals surface area contributed by atoms with Crippen molar-refractivity contribution in [1.82, 2.24) is 0 Å². The lowest BCUT2D eigenvalue weighted by Gasteiger charge is -2.40. The lowest BCUT2D eigenvalue weighted by Crippen LogP contribution is -2.31. The minimum Gasteiger partial charge on any atom is -0.0654 e. The molecule has 0 nitrogen and oxygen atoms in total. The SMILES string of the molecule is CCCCCC1CCC(C2CCCCC2)C1C1CCCCC1. The van der Waals surface area contributed by atoms with E-state index >= 15 is 0 Å². The van der Waals surface area contributed by atoms with Gasteiger partial charge in [0.2, 0.25) is 0 Å². The molecule has 0 aromatic heterocycles. The summed E-state index contributed by atoms with van der Waals surface area (Å²) in [5.41, 5.74) is 0. The first-order valence-electron chi connectivity index (χ1n) is 10.9. The molecule has 0 saturated heterocycles. The number of rotatable bonds is 6. The van der Waals surface area contributed by atoms with Crippen LogP contribution in [0.3, 0.4) is 0 Å². The molecule has 3 rings (SSSR count). The van der Waals surface area contributed by atoms with Gasteiger partial charge in [0.15, 0.2) is 0 Å². The maximum atomic E-state index is 2.36. The Morgan fingerprint density at radius 2 is 1.27 bits per heavy atom. The summed E-state index contributed by atoms with van der Waals surface area (Å²) in [6, 6.07) is 0. The molecule has 0 spiro atoms. The highest BCUT2D eigenvalue weighted by Crippen LogP contribution is 2.53. The van der Waals surface area contributed by atoms with E-state index in [-0.39, 0.29) is 0 Å². The van der Waals surface area contributed by atoms with Crippen molar-refractivity contribution in [3.05, 3.63) is 0 Å². The molecule has 0 aliphatic heterocycles. The van der Waals surface area contributed by atoms with E-state index in [9.17, 15) is 0 Å². The molecule has 0 heterocycles. The summed E-state index contributed by atoms with van der Waals surface area (Å²) in [5, 5.41) is 0. The van der Waals surface area contributed by atoms with Crippen LogP contribution in [-0.4, -0.2) is 0 Å². The maximum Gasteiger partial charge on any atom is -0.0326 e. The zero-order valence-electron chi connectivity index (χ0n) is 15.2. The van der Waals surface area contributed by atoms with Gasteiger partial charge in [-0.2, -0.15) is 0 Å². The van der Waals surface area contributed by atoms with Crippen molar-refractivity contribution in [3.8, 4) is 0 Å². The van der Waals surface area contributed by atoms with Crippen LogP contribution in [0.2, 0.25) is 0 Å². The van der Waals surface area contributed by atoms with Crippen LogP contribution in [0, 0.1) is 29.6 Å². The Morgan fingerprint density at radius 3 is 1.91 bits per heavy atom. The fourth-order valence-corrected chi connectivity index (χ4v) is 6.50. The molecule has 3 saturated carbocycles. The van der Waals surface area contributed by atoms with Gasteiger partial charge in [0.05, 0.1) is 0 Å². The molecule has 3 atom stereocenters. The maximum absolute atomic E-state index is 2.36. The van der Waals surface area contributed by atoms with Gasteiger partial charge in [0.1, 0.15) is 0 Å². The van der Waals surface area contributed by atoms with Crippen molar-refractivity contribution in [2.24, 2.45) is 29.6 Å². The van der Waals surface area contributed by atoms with Gasteiger partial charge in [0, 0.05) is 0 Å². The van der Waals surface area contributed by atoms with Gasteiger partial charge in [-0.3, -0.25) is 0 Å². The molecule has 0 aromatic carbocycles. The second kappa shape index (κ2) is 8.74. The molecule has 0 aromatic rings. The summed E-state index contributed by atoms with van der Waals surface area (Å²) in [7, 11) is 0. The smallest absolute Gasteiger partial charge is 0.0326 e. The predicted octanol–water partition coefficient (Wildman–Crippen LogP) is 7.37. The van der Waals surface area contributed by atoms with Crippen LogP contribution in [0.15, 0.2) is 0 Å². The van der Waals surface area contributed by atoms with E-state index in [1.54, 1.807) is 70.6 Å². The lowest BCUT2D eigenvalue weighted by molar-refractivity contribution is 0.101. The van der Waals surface area contributed by atoms with Crippen molar-refractivity contribution in [2.45, 2.75) is 110 Å². The van der Waals surface area contributed by atoms with Crippen molar-refractivity contribution in [3.63, 3.8) is 0 Å². The Bertz CT molecular complexity index is 295. The average molecular weight is 305 g/mol. The first-order valence-corrected chi connectivity index (χ1v) is 10.9. The molecular formula is C22H40. The summed E-state index contributed by atoms with van der Waals surface area (Å²) in [5.74, 6) is 5.63. The molecule has 0 N–H and O–H groups in total. The summed E-state index contributed by atoms with van der Waals surface area (Å²) >= 11 is 0. The van der Waals surface area contributed by atoms with Crippen molar-refractivity contribution < 1.29 is 0 Å². The highest BCUT2D eigenvalue weighted by Gasteiger charge is 2.43. The van der Waals surface area contributed by atoms with Crippen LogP contribution in [0.1, 0.15) is 110 Å². The largest absolute Gasteiger partial charge is 0.0654 e.